The van der Waals surface area contributed by atoms with Gasteiger partial charge in [0.15, 0.2) is 0 Å². The first kappa shape index (κ1) is 16.5. The molecule has 6 nitrogen and oxygen atoms in total. The van der Waals surface area contributed by atoms with Gasteiger partial charge in [0.1, 0.15) is 4.47 Å². The number of hydrogen-bond acceptors (Lipinski definition) is 5. The van der Waals surface area contributed by atoms with Crippen molar-refractivity contribution in [1.82, 2.24) is 19.6 Å². The highest BCUT2D eigenvalue weighted by Crippen LogP contribution is 2.18. The first-order chi connectivity index (χ1) is 9.90. The fourth-order valence-electron chi connectivity index (χ4n) is 2.49. The Kier molecular flexibility index (Phi) is 5.40. The van der Waals surface area contributed by atoms with Crippen LogP contribution >= 0.6 is 15.9 Å². The minimum atomic E-state index is -0.0934. The highest BCUT2D eigenvalue weighted by molar-refractivity contribution is 9.10. The summed E-state index contributed by atoms with van der Waals surface area (Å²) in [7, 11) is 4.28. The van der Waals surface area contributed by atoms with E-state index in [1.807, 2.05) is 13.8 Å². The molecule has 0 bridgehead atoms. The molecule has 2 rings (SSSR count). The first-order valence-corrected chi connectivity index (χ1v) is 8.09. The van der Waals surface area contributed by atoms with E-state index in [0.29, 0.717) is 10.5 Å². The lowest BCUT2D eigenvalue weighted by molar-refractivity contribution is 0.122. The Morgan fingerprint density at radius 3 is 2.81 bits per heavy atom. The lowest BCUT2D eigenvalue weighted by Gasteiger charge is -2.37. The Hall–Kier alpha value is -0.920. The van der Waals surface area contributed by atoms with Crippen LogP contribution in [0.25, 0.3) is 0 Å². The predicted octanol–water partition coefficient (Wildman–Crippen LogP) is 1.24. The standard InChI is InChI=1S/C14H24BrN5O/c1-10(2)20-14(21)13(15)12(8-17-20)16-7-11-9-18(3)5-6-19(11)4/h8,10-11,16H,5-7,9H2,1-4H3. The van der Waals surface area contributed by atoms with Gasteiger partial charge in [-0.05, 0) is 43.9 Å². The first-order valence-electron chi connectivity index (χ1n) is 7.30. The molecule has 1 unspecified atom stereocenters. The number of nitrogens with one attached hydrogen (secondary N) is 1. The summed E-state index contributed by atoms with van der Waals surface area (Å²) in [5.74, 6) is 0. The van der Waals surface area contributed by atoms with E-state index in [1.165, 1.54) is 4.68 Å². The quantitative estimate of drug-likeness (QED) is 0.878. The van der Waals surface area contributed by atoms with Gasteiger partial charge >= 0.3 is 0 Å². The zero-order chi connectivity index (χ0) is 15.6. The Labute approximate surface area is 134 Å². The van der Waals surface area contributed by atoms with E-state index < -0.39 is 0 Å². The second-order valence-electron chi connectivity index (χ2n) is 5.99. The van der Waals surface area contributed by atoms with Crippen LogP contribution in [0.4, 0.5) is 5.69 Å². The number of anilines is 1. The smallest absolute Gasteiger partial charge is 0.283 e. The van der Waals surface area contributed by atoms with Crippen molar-refractivity contribution < 1.29 is 0 Å². The number of aromatic nitrogens is 2. The molecule has 0 saturated carbocycles. The molecule has 0 spiro atoms. The van der Waals surface area contributed by atoms with Crippen molar-refractivity contribution in [2.45, 2.75) is 25.9 Å². The van der Waals surface area contributed by atoms with Gasteiger partial charge in [-0.25, -0.2) is 4.68 Å². The molecule has 0 aromatic carbocycles. The van der Waals surface area contributed by atoms with Gasteiger partial charge < -0.3 is 10.2 Å². The lowest BCUT2D eigenvalue weighted by atomic mass is 10.2. The zero-order valence-corrected chi connectivity index (χ0v) is 14.7. The van der Waals surface area contributed by atoms with Gasteiger partial charge in [0.25, 0.3) is 5.56 Å². The number of piperazine rings is 1. The summed E-state index contributed by atoms with van der Waals surface area (Å²) in [5.41, 5.74) is 0.669. The third-order valence-corrected chi connectivity index (χ3v) is 4.71. The number of halogens is 1. The fraction of sp³-hybridized carbons (Fsp3) is 0.714. The normalized spacial score (nSPS) is 21.0. The molecule has 1 fully saturated rings. The lowest BCUT2D eigenvalue weighted by Crippen LogP contribution is -2.52. The monoisotopic (exact) mass is 357 g/mol. The van der Waals surface area contributed by atoms with Crippen LogP contribution in [0.3, 0.4) is 0 Å². The summed E-state index contributed by atoms with van der Waals surface area (Å²) >= 11 is 3.39. The summed E-state index contributed by atoms with van der Waals surface area (Å²) in [5, 5.41) is 7.57. The number of rotatable bonds is 4. The van der Waals surface area contributed by atoms with E-state index in [-0.39, 0.29) is 11.6 Å². The van der Waals surface area contributed by atoms with Gasteiger partial charge in [-0.3, -0.25) is 9.69 Å². The molecule has 1 aromatic heterocycles. The average molecular weight is 358 g/mol. The van der Waals surface area contributed by atoms with Crippen LogP contribution < -0.4 is 10.9 Å². The maximum Gasteiger partial charge on any atom is 0.283 e. The fourth-order valence-corrected chi connectivity index (χ4v) is 2.91. The van der Waals surface area contributed by atoms with Crippen molar-refractivity contribution >= 4 is 21.6 Å². The molecule has 0 amide bonds. The molecule has 118 valence electrons. The number of likely N-dealkylation sites (N-methyl/N-ethyl adjacent to an activating group) is 2. The Balaban J connectivity index is 2.07. The molecule has 1 aliphatic rings. The molecule has 1 N–H and O–H groups in total. The third kappa shape index (κ3) is 3.84. The van der Waals surface area contributed by atoms with Crippen molar-refractivity contribution in [1.29, 1.82) is 0 Å². The van der Waals surface area contributed by atoms with Gasteiger partial charge in [0.05, 0.1) is 17.9 Å². The van der Waals surface area contributed by atoms with Crippen LogP contribution in [0, 0.1) is 0 Å². The molecular formula is C14H24BrN5O. The van der Waals surface area contributed by atoms with Crippen LogP contribution in [0.1, 0.15) is 19.9 Å². The summed E-state index contributed by atoms with van der Waals surface area (Å²) in [6, 6.07) is 0.490. The highest BCUT2D eigenvalue weighted by atomic mass is 79.9. The van der Waals surface area contributed by atoms with Gasteiger partial charge in [-0.1, -0.05) is 0 Å². The molecule has 7 heteroatoms. The maximum absolute atomic E-state index is 12.2. The summed E-state index contributed by atoms with van der Waals surface area (Å²) in [4.78, 5) is 16.9. The molecule has 1 aliphatic heterocycles. The minimum absolute atomic E-state index is 0.0565. The van der Waals surface area contributed by atoms with Crippen LogP contribution in [-0.2, 0) is 0 Å². The predicted molar refractivity (Wildman–Crippen MR) is 89.0 cm³/mol. The second kappa shape index (κ2) is 6.89. The van der Waals surface area contributed by atoms with Gasteiger partial charge in [-0.2, -0.15) is 5.10 Å². The molecule has 1 aromatic rings. The summed E-state index contributed by atoms with van der Waals surface area (Å²) in [6.45, 7) is 7.88. The minimum Gasteiger partial charge on any atom is -0.381 e. The van der Waals surface area contributed by atoms with Crippen molar-refractivity contribution in [3.63, 3.8) is 0 Å². The van der Waals surface area contributed by atoms with Crippen molar-refractivity contribution in [2.24, 2.45) is 0 Å². The van der Waals surface area contributed by atoms with E-state index >= 15 is 0 Å². The Morgan fingerprint density at radius 2 is 2.14 bits per heavy atom. The van der Waals surface area contributed by atoms with E-state index in [4.69, 9.17) is 0 Å². The molecular weight excluding hydrogens is 334 g/mol. The van der Waals surface area contributed by atoms with Crippen molar-refractivity contribution in [3.8, 4) is 0 Å². The van der Waals surface area contributed by atoms with Gasteiger partial charge in [-0.15, -0.1) is 0 Å². The van der Waals surface area contributed by atoms with E-state index in [2.05, 4.69) is 50.2 Å². The second-order valence-corrected chi connectivity index (χ2v) is 6.79. The summed E-state index contributed by atoms with van der Waals surface area (Å²) < 4.78 is 2.04. The van der Waals surface area contributed by atoms with E-state index in [0.717, 1.165) is 31.9 Å². The third-order valence-electron chi connectivity index (χ3n) is 3.94. The van der Waals surface area contributed by atoms with Gasteiger partial charge in [0, 0.05) is 32.2 Å². The molecule has 0 aliphatic carbocycles. The van der Waals surface area contributed by atoms with Crippen LogP contribution in [0.15, 0.2) is 15.5 Å². The van der Waals surface area contributed by atoms with Crippen LogP contribution in [0.5, 0.6) is 0 Å². The zero-order valence-electron chi connectivity index (χ0n) is 13.1. The Morgan fingerprint density at radius 1 is 1.43 bits per heavy atom. The maximum atomic E-state index is 12.2. The van der Waals surface area contributed by atoms with E-state index in [9.17, 15) is 4.79 Å². The largest absolute Gasteiger partial charge is 0.381 e. The van der Waals surface area contributed by atoms with Crippen molar-refractivity contribution in [3.05, 3.63) is 21.0 Å². The molecule has 1 saturated heterocycles. The van der Waals surface area contributed by atoms with Crippen LogP contribution in [-0.4, -0.2) is 65.9 Å². The van der Waals surface area contributed by atoms with Crippen molar-refractivity contribution in [2.75, 3.05) is 45.6 Å². The summed E-state index contributed by atoms with van der Waals surface area (Å²) in [6.07, 6.45) is 1.72. The Bertz CT molecular complexity index is 545. The highest BCUT2D eigenvalue weighted by Gasteiger charge is 2.22. The molecule has 21 heavy (non-hydrogen) atoms. The topological polar surface area (TPSA) is 53.4 Å². The van der Waals surface area contributed by atoms with E-state index in [1.54, 1.807) is 6.20 Å². The average Bonchev–Trinajstić information content (AvgIpc) is 2.43. The molecule has 0 radical (unpaired) electrons. The number of hydrogen-bond donors (Lipinski definition) is 1. The van der Waals surface area contributed by atoms with Crippen LogP contribution in [0.2, 0.25) is 0 Å². The number of nitrogens with zero attached hydrogens (tertiary/aromatic N) is 4. The van der Waals surface area contributed by atoms with Gasteiger partial charge in [0.2, 0.25) is 0 Å². The molecule has 2 heterocycles. The molecule has 1 atom stereocenters. The SMILES string of the molecule is CC(C)n1ncc(NCC2CN(C)CCN2C)c(Br)c1=O.